The van der Waals surface area contributed by atoms with Crippen molar-refractivity contribution in [3.05, 3.63) is 65.5 Å². The number of benzene rings is 2. The van der Waals surface area contributed by atoms with Gasteiger partial charge in [0, 0.05) is 17.7 Å². The molecule has 8 heteroatoms. The highest BCUT2D eigenvalue weighted by Crippen LogP contribution is 2.35. The Hall–Kier alpha value is -3.81. The summed E-state index contributed by atoms with van der Waals surface area (Å²) in [6.45, 7) is 4.18. The third-order valence-electron chi connectivity index (χ3n) is 5.14. The van der Waals surface area contributed by atoms with Crippen LogP contribution in [0.1, 0.15) is 36.5 Å². The number of carbonyl (C=O) groups is 2. The number of methoxy groups -OCH3 is 1. The van der Waals surface area contributed by atoms with Crippen molar-refractivity contribution in [2.75, 3.05) is 13.7 Å². The summed E-state index contributed by atoms with van der Waals surface area (Å²) in [5.41, 5.74) is 2.04. The number of hydrogen-bond acceptors (Lipinski definition) is 7. The lowest BCUT2D eigenvalue weighted by Gasteiger charge is -2.14. The Morgan fingerprint density at radius 2 is 1.88 bits per heavy atom. The Morgan fingerprint density at radius 3 is 2.59 bits per heavy atom. The van der Waals surface area contributed by atoms with E-state index >= 15 is 0 Å². The van der Waals surface area contributed by atoms with Crippen LogP contribution < -0.4 is 9.47 Å². The van der Waals surface area contributed by atoms with Gasteiger partial charge >= 0.3 is 6.09 Å². The first-order chi connectivity index (χ1) is 15.5. The first kappa shape index (κ1) is 21.4. The molecule has 166 valence electrons. The summed E-state index contributed by atoms with van der Waals surface area (Å²) < 4.78 is 22.4. The maximum atomic E-state index is 12.6. The summed E-state index contributed by atoms with van der Waals surface area (Å²) >= 11 is 0. The molecule has 0 bridgehead atoms. The van der Waals surface area contributed by atoms with Crippen LogP contribution in [0, 0.1) is 6.92 Å². The lowest BCUT2D eigenvalue weighted by molar-refractivity contribution is -0.129. The van der Waals surface area contributed by atoms with Crippen LogP contribution in [0.25, 0.3) is 11.5 Å². The van der Waals surface area contributed by atoms with Crippen LogP contribution in [-0.4, -0.2) is 35.5 Å². The van der Waals surface area contributed by atoms with E-state index in [9.17, 15) is 9.59 Å². The minimum Gasteiger partial charge on any atom is -0.493 e. The summed E-state index contributed by atoms with van der Waals surface area (Å²) in [4.78, 5) is 30.3. The molecule has 1 aromatic heterocycles. The number of imide groups is 1. The second-order valence-corrected chi connectivity index (χ2v) is 7.34. The number of ether oxygens (including phenoxy) is 3. The van der Waals surface area contributed by atoms with Gasteiger partial charge in [-0.05, 0) is 37.6 Å². The molecule has 0 spiro atoms. The molecule has 32 heavy (non-hydrogen) atoms. The van der Waals surface area contributed by atoms with Gasteiger partial charge in [-0.1, -0.05) is 31.2 Å². The number of cyclic esters (lactones) is 1. The number of rotatable bonds is 8. The van der Waals surface area contributed by atoms with Crippen molar-refractivity contribution in [2.24, 2.45) is 0 Å². The van der Waals surface area contributed by atoms with Crippen LogP contribution in [0.2, 0.25) is 0 Å². The topological polar surface area (TPSA) is 91.1 Å². The molecule has 2 heterocycles. The smallest absolute Gasteiger partial charge is 0.417 e. The van der Waals surface area contributed by atoms with E-state index < -0.39 is 12.2 Å². The van der Waals surface area contributed by atoms with E-state index in [0.717, 1.165) is 10.5 Å². The molecule has 0 radical (unpaired) electrons. The van der Waals surface area contributed by atoms with Gasteiger partial charge in [0.15, 0.2) is 11.5 Å². The molecule has 1 saturated heterocycles. The fraction of sp³-hybridized carbons (Fsp3) is 0.292. The van der Waals surface area contributed by atoms with Crippen molar-refractivity contribution < 1.29 is 28.2 Å². The number of oxazole rings is 1. The maximum absolute atomic E-state index is 12.6. The lowest BCUT2D eigenvalue weighted by Crippen LogP contribution is -2.30. The summed E-state index contributed by atoms with van der Waals surface area (Å²) in [5.74, 6) is 1.68. The van der Waals surface area contributed by atoms with E-state index in [1.54, 1.807) is 18.2 Å². The van der Waals surface area contributed by atoms with Gasteiger partial charge in [-0.25, -0.2) is 14.7 Å². The van der Waals surface area contributed by atoms with Crippen LogP contribution >= 0.6 is 0 Å². The molecule has 3 aromatic rings. The van der Waals surface area contributed by atoms with Crippen LogP contribution in [0.3, 0.4) is 0 Å². The van der Waals surface area contributed by atoms with Gasteiger partial charge in [0.1, 0.15) is 18.1 Å². The summed E-state index contributed by atoms with van der Waals surface area (Å²) in [6, 6.07) is 14.6. The third kappa shape index (κ3) is 4.16. The van der Waals surface area contributed by atoms with E-state index in [1.807, 2.05) is 44.2 Å². The molecule has 1 atom stereocenters. The minimum atomic E-state index is -0.999. The molecular weight excluding hydrogens is 412 g/mol. The van der Waals surface area contributed by atoms with Gasteiger partial charge in [-0.3, -0.25) is 4.79 Å². The molecule has 4 rings (SSSR count). The Kier molecular flexibility index (Phi) is 6.11. The normalized spacial score (nSPS) is 15.7. The Bertz CT molecular complexity index is 1120. The highest BCUT2D eigenvalue weighted by atomic mass is 16.6. The minimum absolute atomic E-state index is 0.141. The summed E-state index contributed by atoms with van der Waals surface area (Å²) in [6.07, 6.45) is -0.973. The van der Waals surface area contributed by atoms with Crippen molar-refractivity contribution in [2.45, 2.75) is 33.0 Å². The first-order valence-electron chi connectivity index (χ1n) is 10.4. The van der Waals surface area contributed by atoms with Crippen LogP contribution in [0.4, 0.5) is 4.79 Å². The van der Waals surface area contributed by atoms with E-state index in [4.69, 9.17) is 18.6 Å². The van der Waals surface area contributed by atoms with Crippen molar-refractivity contribution in [1.82, 2.24) is 9.88 Å². The predicted molar refractivity (Wildman–Crippen MR) is 115 cm³/mol. The second-order valence-electron chi connectivity index (χ2n) is 7.34. The molecule has 1 aliphatic heterocycles. The Morgan fingerprint density at radius 1 is 1.09 bits per heavy atom. The number of aromatic nitrogens is 1. The average Bonchev–Trinajstić information content (AvgIpc) is 3.32. The van der Waals surface area contributed by atoms with Crippen LogP contribution in [0.5, 0.6) is 11.5 Å². The van der Waals surface area contributed by atoms with Gasteiger partial charge in [0.2, 0.25) is 12.0 Å². The Labute approximate surface area is 185 Å². The molecule has 1 unspecified atom stereocenters. The molecule has 2 aromatic carbocycles. The fourth-order valence-corrected chi connectivity index (χ4v) is 3.46. The van der Waals surface area contributed by atoms with Crippen molar-refractivity contribution in [3.63, 3.8) is 0 Å². The lowest BCUT2D eigenvalue weighted by atomic mass is 10.1. The summed E-state index contributed by atoms with van der Waals surface area (Å²) in [7, 11) is 1.53. The van der Waals surface area contributed by atoms with E-state index in [0.29, 0.717) is 47.4 Å². The van der Waals surface area contributed by atoms with E-state index in [2.05, 4.69) is 4.98 Å². The predicted octanol–water partition coefficient (Wildman–Crippen LogP) is 4.67. The van der Waals surface area contributed by atoms with Gasteiger partial charge in [-0.2, -0.15) is 0 Å². The van der Waals surface area contributed by atoms with Gasteiger partial charge in [0.25, 0.3) is 5.91 Å². The van der Waals surface area contributed by atoms with Crippen LogP contribution in [-0.2, 0) is 16.1 Å². The summed E-state index contributed by atoms with van der Waals surface area (Å²) in [5, 5.41) is 0. The Balaban J connectivity index is 1.54. The largest absolute Gasteiger partial charge is 0.493 e. The van der Waals surface area contributed by atoms with Crippen LogP contribution in [0.15, 0.2) is 52.9 Å². The highest BCUT2D eigenvalue weighted by Gasteiger charge is 2.41. The molecule has 2 amide bonds. The average molecular weight is 436 g/mol. The number of hydrogen-bond donors (Lipinski definition) is 0. The molecule has 0 N–H and O–H groups in total. The fourth-order valence-electron chi connectivity index (χ4n) is 3.46. The zero-order chi connectivity index (χ0) is 22.7. The quantitative estimate of drug-likeness (QED) is 0.507. The first-order valence-corrected chi connectivity index (χ1v) is 10.4. The maximum Gasteiger partial charge on any atom is 0.417 e. The monoisotopic (exact) mass is 436 g/mol. The third-order valence-corrected chi connectivity index (χ3v) is 5.14. The molecule has 0 aliphatic carbocycles. The standard InChI is InChI=1S/C24H24N2O6/c1-4-12-26-23(27)21(32-24(26)28)17-10-11-19(29-3)20(13-17)30-14-18-15(2)31-22(25-18)16-8-6-5-7-9-16/h5-11,13,21H,4,12,14H2,1-3H3. The van der Waals surface area contributed by atoms with Gasteiger partial charge in [0.05, 0.1) is 7.11 Å². The second kappa shape index (κ2) is 9.13. The molecule has 1 aliphatic rings. The van der Waals surface area contributed by atoms with Crippen molar-refractivity contribution in [3.8, 4) is 23.0 Å². The van der Waals surface area contributed by atoms with E-state index in [-0.39, 0.29) is 12.5 Å². The zero-order valence-corrected chi connectivity index (χ0v) is 18.2. The number of nitrogens with zero attached hydrogens (tertiary/aromatic N) is 2. The van der Waals surface area contributed by atoms with Crippen molar-refractivity contribution >= 4 is 12.0 Å². The SMILES string of the molecule is CCCN1C(=O)OC(c2ccc(OC)c(OCc3nc(-c4ccccc4)oc3C)c2)C1=O. The van der Waals surface area contributed by atoms with Gasteiger partial charge in [-0.15, -0.1) is 0 Å². The molecule has 1 fully saturated rings. The molecule has 8 nitrogen and oxygen atoms in total. The zero-order valence-electron chi connectivity index (χ0n) is 18.2. The number of carbonyl (C=O) groups excluding carboxylic acids is 2. The van der Waals surface area contributed by atoms with Gasteiger partial charge < -0.3 is 18.6 Å². The molecular formula is C24H24N2O6. The van der Waals surface area contributed by atoms with Crippen molar-refractivity contribution in [1.29, 1.82) is 0 Å². The van der Waals surface area contributed by atoms with E-state index in [1.165, 1.54) is 7.11 Å². The number of amides is 2. The molecule has 0 saturated carbocycles. The highest BCUT2D eigenvalue weighted by molar-refractivity contribution is 6.00. The number of aryl methyl sites for hydroxylation is 1.